The molecule has 3 aromatic carbocycles. The van der Waals surface area contributed by atoms with Crippen LogP contribution < -0.4 is 4.74 Å². The first kappa shape index (κ1) is 24.1. The predicted molar refractivity (Wildman–Crippen MR) is 142 cm³/mol. The van der Waals surface area contributed by atoms with E-state index in [-0.39, 0.29) is 11.5 Å². The zero-order chi connectivity index (χ0) is 26.9. The molecule has 8 nitrogen and oxygen atoms in total. The molecule has 0 aliphatic rings. The molecule has 0 bridgehead atoms. The van der Waals surface area contributed by atoms with E-state index in [1.54, 1.807) is 38.1 Å². The lowest BCUT2D eigenvalue weighted by Crippen LogP contribution is -2.10. The van der Waals surface area contributed by atoms with Crippen LogP contribution >= 0.6 is 0 Å². The number of aromatic nitrogens is 2. The van der Waals surface area contributed by atoms with Crippen molar-refractivity contribution in [1.29, 1.82) is 0 Å². The van der Waals surface area contributed by atoms with Crippen LogP contribution in [0.25, 0.3) is 33.5 Å². The summed E-state index contributed by atoms with van der Waals surface area (Å²) in [7, 11) is 0. The summed E-state index contributed by atoms with van der Waals surface area (Å²) >= 11 is 0. The molecule has 0 saturated carbocycles. The van der Waals surface area contributed by atoms with E-state index in [2.05, 4.69) is 10.3 Å². The standard InChI is InChI=1S/C31H22N2O6/c1-18-27(29(32-38-18)20-9-5-3-6-10-20)26(17-34)36-23-13-14-24-22(15-23)16-25(37-24)31(35)28-19(2)39-33-30(28)21-11-7-4-8-12-21/h3-17,26H,1-2H3. The number of nitrogens with zero attached hydrogens (tertiary/aromatic N) is 2. The quantitative estimate of drug-likeness (QED) is 0.158. The highest BCUT2D eigenvalue weighted by Gasteiger charge is 2.27. The van der Waals surface area contributed by atoms with Gasteiger partial charge in [-0.1, -0.05) is 71.0 Å². The Morgan fingerprint density at radius 1 is 0.821 bits per heavy atom. The number of aldehydes is 1. The van der Waals surface area contributed by atoms with E-state index in [0.29, 0.717) is 57.0 Å². The van der Waals surface area contributed by atoms with Gasteiger partial charge in [0.15, 0.2) is 18.2 Å². The lowest BCUT2D eigenvalue weighted by molar-refractivity contribution is -0.113. The van der Waals surface area contributed by atoms with E-state index < -0.39 is 6.10 Å². The highest BCUT2D eigenvalue weighted by Crippen LogP contribution is 2.34. The van der Waals surface area contributed by atoms with Crippen molar-refractivity contribution in [2.45, 2.75) is 20.0 Å². The number of benzene rings is 3. The van der Waals surface area contributed by atoms with Gasteiger partial charge < -0.3 is 18.2 Å². The van der Waals surface area contributed by atoms with Crippen LogP contribution in [0.15, 0.2) is 98.4 Å². The van der Waals surface area contributed by atoms with E-state index >= 15 is 0 Å². The minimum Gasteiger partial charge on any atom is -0.478 e. The smallest absolute Gasteiger partial charge is 0.234 e. The number of aryl methyl sites for hydroxylation is 2. The molecule has 0 saturated heterocycles. The summed E-state index contributed by atoms with van der Waals surface area (Å²) in [5.41, 5.74) is 3.96. The second kappa shape index (κ2) is 9.90. The second-order valence-electron chi connectivity index (χ2n) is 9.01. The molecule has 1 atom stereocenters. The molecular formula is C31H22N2O6. The van der Waals surface area contributed by atoms with Crippen molar-refractivity contribution in [2.75, 3.05) is 0 Å². The molecule has 6 rings (SSSR count). The molecule has 0 amide bonds. The average molecular weight is 519 g/mol. The maximum Gasteiger partial charge on any atom is 0.234 e. The number of hydrogen-bond donors (Lipinski definition) is 0. The summed E-state index contributed by atoms with van der Waals surface area (Å²) in [5, 5.41) is 8.89. The van der Waals surface area contributed by atoms with E-state index in [1.165, 1.54) is 0 Å². The van der Waals surface area contributed by atoms with Crippen molar-refractivity contribution < 1.29 is 27.8 Å². The summed E-state index contributed by atoms with van der Waals surface area (Å²) in [4.78, 5) is 25.6. The van der Waals surface area contributed by atoms with Crippen LogP contribution in [0.1, 0.15) is 39.3 Å². The minimum absolute atomic E-state index is 0.138. The van der Waals surface area contributed by atoms with Crippen molar-refractivity contribution in [1.82, 2.24) is 10.3 Å². The minimum atomic E-state index is -0.954. The van der Waals surface area contributed by atoms with Crippen molar-refractivity contribution in [3.8, 4) is 28.3 Å². The van der Waals surface area contributed by atoms with Gasteiger partial charge >= 0.3 is 0 Å². The number of fused-ring (bicyclic) bond motifs is 1. The first-order valence-electron chi connectivity index (χ1n) is 12.3. The van der Waals surface area contributed by atoms with Crippen LogP contribution in [0.3, 0.4) is 0 Å². The largest absolute Gasteiger partial charge is 0.478 e. The maximum atomic E-state index is 13.5. The fraction of sp³-hybridized carbons (Fsp3) is 0.0968. The number of carbonyl (C=O) groups is 2. The Morgan fingerprint density at radius 3 is 2.15 bits per heavy atom. The normalized spacial score (nSPS) is 11.9. The third kappa shape index (κ3) is 4.42. The summed E-state index contributed by atoms with van der Waals surface area (Å²) in [5.74, 6) is 1.10. The van der Waals surface area contributed by atoms with Crippen LogP contribution in [0, 0.1) is 13.8 Å². The average Bonchev–Trinajstić information content (AvgIpc) is 3.68. The van der Waals surface area contributed by atoms with Gasteiger partial charge in [-0.05, 0) is 38.1 Å². The van der Waals surface area contributed by atoms with Gasteiger partial charge in [0.2, 0.25) is 5.78 Å². The van der Waals surface area contributed by atoms with Crippen LogP contribution in [-0.2, 0) is 4.79 Å². The van der Waals surface area contributed by atoms with Gasteiger partial charge in [0.1, 0.15) is 34.2 Å². The van der Waals surface area contributed by atoms with Crippen LogP contribution in [0.5, 0.6) is 5.75 Å². The first-order valence-corrected chi connectivity index (χ1v) is 12.3. The molecule has 1 unspecified atom stereocenters. The number of carbonyl (C=O) groups excluding carboxylic acids is 2. The number of rotatable bonds is 8. The summed E-state index contributed by atoms with van der Waals surface area (Å²) < 4.78 is 22.7. The highest BCUT2D eigenvalue weighted by atomic mass is 16.5. The van der Waals surface area contributed by atoms with Gasteiger partial charge in [0.05, 0.1) is 11.1 Å². The molecule has 8 heteroatoms. The first-order chi connectivity index (χ1) is 19.0. The van der Waals surface area contributed by atoms with Crippen LogP contribution in [0.2, 0.25) is 0 Å². The lowest BCUT2D eigenvalue weighted by Gasteiger charge is -2.14. The maximum absolute atomic E-state index is 13.5. The Hall–Kier alpha value is -5.24. The summed E-state index contributed by atoms with van der Waals surface area (Å²) in [6.45, 7) is 3.43. The fourth-order valence-corrected chi connectivity index (χ4v) is 4.58. The SMILES string of the molecule is Cc1onc(-c2ccccc2)c1C(=O)c1cc2cc(OC(C=O)c3c(-c4ccccc4)noc3C)ccc2o1. The highest BCUT2D eigenvalue weighted by molar-refractivity contribution is 6.12. The molecule has 0 fully saturated rings. The zero-order valence-corrected chi connectivity index (χ0v) is 21.1. The van der Waals surface area contributed by atoms with Crippen LogP contribution in [-0.4, -0.2) is 22.4 Å². The Kier molecular flexibility index (Phi) is 6.13. The van der Waals surface area contributed by atoms with Crippen molar-refractivity contribution >= 4 is 23.0 Å². The van der Waals surface area contributed by atoms with E-state index in [9.17, 15) is 9.59 Å². The molecule has 0 aliphatic heterocycles. The third-order valence-corrected chi connectivity index (χ3v) is 6.48. The fourth-order valence-electron chi connectivity index (χ4n) is 4.58. The molecule has 0 aliphatic carbocycles. The number of ether oxygens (including phenoxy) is 1. The third-order valence-electron chi connectivity index (χ3n) is 6.48. The molecule has 0 N–H and O–H groups in total. The van der Waals surface area contributed by atoms with E-state index in [4.69, 9.17) is 18.2 Å². The Bertz CT molecular complexity index is 1800. The molecule has 0 radical (unpaired) electrons. The molecule has 0 spiro atoms. The van der Waals surface area contributed by atoms with Gasteiger partial charge in [-0.3, -0.25) is 9.59 Å². The van der Waals surface area contributed by atoms with E-state index in [0.717, 1.165) is 11.1 Å². The monoisotopic (exact) mass is 518 g/mol. The topological polar surface area (TPSA) is 109 Å². The summed E-state index contributed by atoms with van der Waals surface area (Å²) in [6.07, 6.45) is -0.245. The van der Waals surface area contributed by atoms with Crippen molar-refractivity contribution in [3.63, 3.8) is 0 Å². The van der Waals surface area contributed by atoms with Gasteiger partial charge in [-0.15, -0.1) is 0 Å². The molecule has 6 aromatic rings. The van der Waals surface area contributed by atoms with Gasteiger partial charge in [0, 0.05) is 16.5 Å². The van der Waals surface area contributed by atoms with Gasteiger partial charge in [0.25, 0.3) is 0 Å². The molecule has 192 valence electrons. The van der Waals surface area contributed by atoms with Gasteiger partial charge in [-0.25, -0.2) is 0 Å². The number of ketones is 1. The predicted octanol–water partition coefficient (Wildman–Crippen LogP) is 6.91. The van der Waals surface area contributed by atoms with E-state index in [1.807, 2.05) is 60.7 Å². The van der Waals surface area contributed by atoms with Gasteiger partial charge in [-0.2, -0.15) is 0 Å². The number of furan rings is 1. The molecule has 39 heavy (non-hydrogen) atoms. The number of hydrogen-bond acceptors (Lipinski definition) is 8. The lowest BCUT2D eigenvalue weighted by atomic mass is 10.0. The summed E-state index contributed by atoms with van der Waals surface area (Å²) in [6, 6.07) is 25.5. The Morgan fingerprint density at radius 2 is 1.46 bits per heavy atom. The van der Waals surface area contributed by atoms with Crippen molar-refractivity contribution in [2.24, 2.45) is 0 Å². The Balaban J connectivity index is 1.31. The molecule has 3 aromatic heterocycles. The zero-order valence-electron chi connectivity index (χ0n) is 21.1. The second-order valence-corrected chi connectivity index (χ2v) is 9.01. The van der Waals surface area contributed by atoms with Crippen molar-refractivity contribution in [3.05, 3.63) is 113 Å². The molecular weight excluding hydrogens is 496 g/mol. The van der Waals surface area contributed by atoms with Crippen LogP contribution in [0.4, 0.5) is 0 Å². The molecule has 3 heterocycles. The Labute approximate surface area is 222 Å².